The minimum atomic E-state index is -0.374. The molecule has 0 aliphatic heterocycles. The number of hydrazine groups is 1. The van der Waals surface area contributed by atoms with Gasteiger partial charge in [0.2, 0.25) is 5.91 Å². The van der Waals surface area contributed by atoms with Gasteiger partial charge in [0.25, 0.3) is 5.91 Å². The van der Waals surface area contributed by atoms with Crippen molar-refractivity contribution in [3.8, 4) is 0 Å². The molecular formula is C18H26N4O2S2. The van der Waals surface area contributed by atoms with Gasteiger partial charge in [-0.1, -0.05) is 30.5 Å². The summed E-state index contributed by atoms with van der Waals surface area (Å²) < 4.78 is 0. The van der Waals surface area contributed by atoms with Crippen LogP contribution in [0.25, 0.3) is 0 Å². The maximum absolute atomic E-state index is 12.1. The molecule has 0 saturated heterocycles. The Morgan fingerprint density at radius 2 is 1.85 bits per heavy atom. The summed E-state index contributed by atoms with van der Waals surface area (Å²) in [5, 5.41) is 6.06. The van der Waals surface area contributed by atoms with Crippen LogP contribution in [0.15, 0.2) is 24.3 Å². The van der Waals surface area contributed by atoms with Crippen LogP contribution in [0.3, 0.4) is 0 Å². The van der Waals surface area contributed by atoms with Crippen LogP contribution in [0.5, 0.6) is 0 Å². The zero-order chi connectivity index (χ0) is 18.9. The van der Waals surface area contributed by atoms with Crippen molar-refractivity contribution in [1.82, 2.24) is 16.2 Å². The maximum Gasteiger partial charge on any atom is 0.251 e. The van der Waals surface area contributed by atoms with Gasteiger partial charge < -0.3 is 10.6 Å². The minimum absolute atomic E-state index is 0.134. The SMILES string of the molecule is Cc1ccc(NC(=O)CS[C@@H](C)C(=O)NNC(=S)NC2CCCC2)cc1. The summed E-state index contributed by atoms with van der Waals surface area (Å²) in [5.74, 6) is -0.147. The smallest absolute Gasteiger partial charge is 0.251 e. The monoisotopic (exact) mass is 394 g/mol. The molecule has 0 unspecified atom stereocenters. The summed E-state index contributed by atoms with van der Waals surface area (Å²) in [6, 6.07) is 7.98. The lowest BCUT2D eigenvalue weighted by atomic mass is 10.2. The normalized spacial score (nSPS) is 15.2. The summed E-state index contributed by atoms with van der Waals surface area (Å²) in [5.41, 5.74) is 7.21. The lowest BCUT2D eigenvalue weighted by molar-refractivity contribution is -0.120. The summed E-state index contributed by atoms with van der Waals surface area (Å²) >= 11 is 6.45. The number of carbonyl (C=O) groups is 2. The van der Waals surface area contributed by atoms with E-state index in [2.05, 4.69) is 21.5 Å². The topological polar surface area (TPSA) is 82.3 Å². The van der Waals surface area contributed by atoms with Gasteiger partial charge in [-0.15, -0.1) is 11.8 Å². The second-order valence-electron chi connectivity index (χ2n) is 6.44. The molecule has 6 nitrogen and oxygen atoms in total. The van der Waals surface area contributed by atoms with Gasteiger partial charge in [-0.2, -0.15) is 0 Å². The van der Waals surface area contributed by atoms with Crippen molar-refractivity contribution in [3.63, 3.8) is 0 Å². The number of rotatable bonds is 6. The van der Waals surface area contributed by atoms with Crippen molar-refractivity contribution < 1.29 is 9.59 Å². The number of nitrogens with one attached hydrogen (secondary N) is 4. The standard InChI is InChI=1S/C18H26N4O2S2/c1-12-7-9-15(10-8-12)19-16(23)11-26-13(2)17(24)21-22-18(25)20-14-5-3-4-6-14/h7-10,13-14H,3-6,11H2,1-2H3,(H,19,23)(H,21,24)(H2,20,22,25)/t13-/m0/s1. The number of hydrogen-bond donors (Lipinski definition) is 4. The van der Waals surface area contributed by atoms with Gasteiger partial charge in [-0.05, 0) is 51.0 Å². The number of thiocarbonyl (C=S) groups is 1. The first-order valence-electron chi connectivity index (χ1n) is 8.78. The third kappa shape index (κ3) is 7.21. The highest BCUT2D eigenvalue weighted by Gasteiger charge is 2.18. The summed E-state index contributed by atoms with van der Waals surface area (Å²) in [7, 11) is 0. The fraction of sp³-hybridized carbons (Fsp3) is 0.500. The van der Waals surface area contributed by atoms with E-state index >= 15 is 0 Å². The molecule has 0 heterocycles. The molecule has 2 amide bonds. The number of aryl methyl sites for hydroxylation is 1. The largest absolute Gasteiger partial charge is 0.359 e. The van der Waals surface area contributed by atoms with Crippen LogP contribution in [0, 0.1) is 6.92 Å². The number of amides is 2. The zero-order valence-corrected chi connectivity index (χ0v) is 16.8. The number of anilines is 1. The molecule has 26 heavy (non-hydrogen) atoms. The molecule has 142 valence electrons. The number of benzene rings is 1. The van der Waals surface area contributed by atoms with Crippen molar-refractivity contribution in [3.05, 3.63) is 29.8 Å². The van der Waals surface area contributed by atoms with Crippen molar-refractivity contribution in [2.75, 3.05) is 11.1 Å². The molecule has 0 radical (unpaired) electrons. The molecule has 1 aromatic carbocycles. The molecule has 1 saturated carbocycles. The highest BCUT2D eigenvalue weighted by atomic mass is 32.2. The molecule has 8 heteroatoms. The van der Waals surface area contributed by atoms with Crippen molar-refractivity contribution in [2.45, 2.75) is 50.8 Å². The van der Waals surface area contributed by atoms with Crippen LogP contribution in [-0.4, -0.2) is 34.0 Å². The third-order valence-corrected chi connectivity index (χ3v) is 5.52. The van der Waals surface area contributed by atoms with Crippen LogP contribution < -0.4 is 21.5 Å². The van der Waals surface area contributed by atoms with E-state index in [0.717, 1.165) is 24.1 Å². The van der Waals surface area contributed by atoms with Crippen molar-refractivity contribution in [1.29, 1.82) is 0 Å². The van der Waals surface area contributed by atoms with E-state index in [1.54, 1.807) is 6.92 Å². The van der Waals surface area contributed by atoms with Crippen LogP contribution in [-0.2, 0) is 9.59 Å². The summed E-state index contributed by atoms with van der Waals surface area (Å²) in [6.45, 7) is 3.75. The Labute approximate surface area is 164 Å². The van der Waals surface area contributed by atoms with Gasteiger partial charge in [-0.3, -0.25) is 20.4 Å². The molecule has 0 aromatic heterocycles. The molecular weight excluding hydrogens is 368 g/mol. The third-order valence-electron chi connectivity index (χ3n) is 4.16. The first-order chi connectivity index (χ1) is 12.4. The van der Waals surface area contributed by atoms with Crippen molar-refractivity contribution >= 4 is 46.6 Å². The fourth-order valence-electron chi connectivity index (χ4n) is 2.62. The molecule has 1 atom stereocenters. The van der Waals surface area contributed by atoms with Gasteiger partial charge in [0, 0.05) is 11.7 Å². The zero-order valence-electron chi connectivity index (χ0n) is 15.1. The molecule has 4 N–H and O–H groups in total. The van der Waals surface area contributed by atoms with E-state index in [9.17, 15) is 9.59 Å². The molecule has 1 fully saturated rings. The van der Waals surface area contributed by atoms with Crippen LogP contribution >= 0.6 is 24.0 Å². The first-order valence-corrected chi connectivity index (χ1v) is 10.2. The highest BCUT2D eigenvalue weighted by Crippen LogP contribution is 2.17. The number of thioether (sulfide) groups is 1. The fourth-order valence-corrected chi connectivity index (χ4v) is 3.52. The second kappa shape index (κ2) is 10.4. The first kappa shape index (κ1) is 20.5. The number of hydrogen-bond acceptors (Lipinski definition) is 4. The average molecular weight is 395 g/mol. The Kier molecular flexibility index (Phi) is 8.18. The number of carbonyl (C=O) groups excluding carboxylic acids is 2. The van der Waals surface area contributed by atoms with Gasteiger partial charge in [0.05, 0.1) is 11.0 Å². The highest BCUT2D eigenvalue weighted by molar-refractivity contribution is 8.01. The van der Waals surface area contributed by atoms with Gasteiger partial charge in [0.1, 0.15) is 0 Å². The Morgan fingerprint density at radius 1 is 1.19 bits per heavy atom. The van der Waals surface area contributed by atoms with E-state index in [4.69, 9.17) is 12.2 Å². The Bertz CT molecular complexity index is 631. The van der Waals surface area contributed by atoms with E-state index in [-0.39, 0.29) is 22.8 Å². The molecule has 1 aliphatic rings. The quantitative estimate of drug-likeness (QED) is 0.438. The average Bonchev–Trinajstić information content (AvgIpc) is 3.12. The van der Waals surface area contributed by atoms with Gasteiger partial charge in [0.15, 0.2) is 5.11 Å². The van der Waals surface area contributed by atoms with Crippen LogP contribution in [0.2, 0.25) is 0 Å². The predicted molar refractivity (Wildman–Crippen MR) is 111 cm³/mol. The summed E-state index contributed by atoms with van der Waals surface area (Å²) in [6.07, 6.45) is 4.65. The lowest BCUT2D eigenvalue weighted by Crippen LogP contribution is -2.51. The van der Waals surface area contributed by atoms with E-state index in [1.165, 1.54) is 24.6 Å². The Balaban J connectivity index is 1.63. The van der Waals surface area contributed by atoms with Gasteiger partial charge in [-0.25, -0.2) is 0 Å². The van der Waals surface area contributed by atoms with Gasteiger partial charge >= 0.3 is 0 Å². The Hall–Kier alpha value is -1.80. The summed E-state index contributed by atoms with van der Waals surface area (Å²) in [4.78, 5) is 24.1. The van der Waals surface area contributed by atoms with Crippen LogP contribution in [0.4, 0.5) is 5.69 Å². The lowest BCUT2D eigenvalue weighted by Gasteiger charge is -2.17. The van der Waals surface area contributed by atoms with Crippen LogP contribution in [0.1, 0.15) is 38.2 Å². The van der Waals surface area contributed by atoms with E-state index in [1.807, 2.05) is 31.2 Å². The Morgan fingerprint density at radius 3 is 2.50 bits per heavy atom. The maximum atomic E-state index is 12.1. The van der Waals surface area contributed by atoms with E-state index < -0.39 is 0 Å². The van der Waals surface area contributed by atoms with E-state index in [0.29, 0.717) is 11.2 Å². The minimum Gasteiger partial charge on any atom is -0.359 e. The molecule has 1 aliphatic carbocycles. The molecule has 1 aromatic rings. The molecule has 2 rings (SSSR count). The second-order valence-corrected chi connectivity index (χ2v) is 8.17. The van der Waals surface area contributed by atoms with Crippen molar-refractivity contribution in [2.24, 2.45) is 0 Å². The molecule has 0 bridgehead atoms. The molecule has 0 spiro atoms. The predicted octanol–water partition coefficient (Wildman–Crippen LogP) is 2.49.